The van der Waals surface area contributed by atoms with Crippen LogP contribution >= 0.6 is 0 Å². The van der Waals surface area contributed by atoms with Gasteiger partial charge < -0.3 is 21.6 Å². The molecule has 0 saturated carbocycles. The molecule has 0 aromatic heterocycles. The van der Waals surface area contributed by atoms with E-state index < -0.39 is 17.2 Å². The van der Waals surface area contributed by atoms with Crippen LogP contribution in [0.4, 0.5) is 5.69 Å². The van der Waals surface area contributed by atoms with Crippen LogP contribution in [0.3, 0.4) is 0 Å². The van der Waals surface area contributed by atoms with Gasteiger partial charge in [0.05, 0.1) is 16.8 Å². The van der Waals surface area contributed by atoms with Gasteiger partial charge in [0.15, 0.2) is 11.3 Å². The molecule has 110 valence electrons. The summed E-state index contributed by atoms with van der Waals surface area (Å²) in [7, 11) is 0. The van der Waals surface area contributed by atoms with Crippen LogP contribution in [0.25, 0.3) is 22.6 Å². The Labute approximate surface area is 122 Å². The molecule has 1 aromatic rings. The lowest BCUT2D eigenvalue weighted by Crippen LogP contribution is -2.22. The normalized spacial score (nSPS) is 10.9. The molecule has 2 aliphatic rings. The van der Waals surface area contributed by atoms with Gasteiger partial charge in [0.1, 0.15) is 11.2 Å². The number of primary amides is 2. The predicted octanol–water partition coefficient (Wildman–Crippen LogP) is 0.0728. The minimum Gasteiger partial charge on any atom is -0.453 e. The number of carbonyl (C=O) groups is 2. The minimum absolute atomic E-state index is 0.00537. The van der Waals surface area contributed by atoms with Gasteiger partial charge in [-0.2, -0.15) is 0 Å². The number of nitrogen functional groups attached to an aromatic ring is 1. The van der Waals surface area contributed by atoms with E-state index in [9.17, 15) is 14.4 Å². The van der Waals surface area contributed by atoms with Crippen molar-refractivity contribution in [2.24, 2.45) is 11.5 Å². The third-order valence-corrected chi connectivity index (χ3v) is 3.22. The first-order valence-corrected chi connectivity index (χ1v) is 6.16. The molecule has 1 aromatic carbocycles. The summed E-state index contributed by atoms with van der Waals surface area (Å²) >= 11 is 0. The van der Waals surface area contributed by atoms with Crippen molar-refractivity contribution in [3.05, 3.63) is 45.6 Å². The third kappa shape index (κ3) is 1.85. The molecular weight excluding hydrogens is 288 g/mol. The zero-order valence-electron chi connectivity index (χ0n) is 11.1. The van der Waals surface area contributed by atoms with Crippen molar-refractivity contribution < 1.29 is 14.0 Å². The van der Waals surface area contributed by atoms with Gasteiger partial charge in [-0.25, -0.2) is 4.98 Å². The molecule has 1 heterocycles. The number of nitrogens with zero attached hydrogens (tertiary/aromatic N) is 1. The molecule has 6 N–H and O–H groups in total. The molecule has 22 heavy (non-hydrogen) atoms. The van der Waals surface area contributed by atoms with E-state index in [4.69, 9.17) is 21.6 Å². The lowest BCUT2D eigenvalue weighted by atomic mass is 10.0. The fraction of sp³-hybridized carbons (Fsp3) is 0. The van der Waals surface area contributed by atoms with Gasteiger partial charge in [-0.15, -0.1) is 0 Å². The highest BCUT2D eigenvalue weighted by Gasteiger charge is 2.24. The largest absolute Gasteiger partial charge is 0.453 e. The number of aromatic nitrogens is 1. The Morgan fingerprint density at radius 3 is 2.50 bits per heavy atom. The molecule has 1 aliphatic carbocycles. The average Bonchev–Trinajstić information content (AvgIpc) is 2.45. The summed E-state index contributed by atoms with van der Waals surface area (Å²) in [5, 5.41) is 0. The number of amides is 2. The summed E-state index contributed by atoms with van der Waals surface area (Å²) in [5.41, 5.74) is 15.5. The monoisotopic (exact) mass is 298 g/mol. The standard InChI is InChI=1S/C14H10N4O4/c15-10-6(19)4-8-12(9(10)14(17)21)18-11-5(13(16)20)2-1-3-7(11)22-8/h1-4H,15H2,(H2,16,20)(H2,17,21). The number of benzene rings is 2. The second kappa shape index (κ2) is 4.55. The summed E-state index contributed by atoms with van der Waals surface area (Å²) in [6.07, 6.45) is 0. The Hall–Kier alpha value is -3.42. The van der Waals surface area contributed by atoms with Crippen molar-refractivity contribution in [2.45, 2.75) is 0 Å². The van der Waals surface area contributed by atoms with Gasteiger partial charge in [-0.3, -0.25) is 14.4 Å². The minimum atomic E-state index is -0.918. The fourth-order valence-electron chi connectivity index (χ4n) is 2.23. The zero-order chi connectivity index (χ0) is 16.0. The van der Waals surface area contributed by atoms with Gasteiger partial charge in [0.2, 0.25) is 5.43 Å². The van der Waals surface area contributed by atoms with E-state index >= 15 is 0 Å². The SMILES string of the molecule is NC(=O)c1c2nc3c(C(N)=O)cccc3oc-2cc(=O)c1N. The highest BCUT2D eigenvalue weighted by atomic mass is 16.3. The number of rotatable bonds is 2. The summed E-state index contributed by atoms with van der Waals surface area (Å²) in [6.45, 7) is 0. The number of anilines is 1. The lowest BCUT2D eigenvalue weighted by molar-refractivity contribution is 0.0993. The zero-order valence-corrected chi connectivity index (χ0v) is 11.1. The van der Waals surface area contributed by atoms with Gasteiger partial charge in [-0.1, -0.05) is 6.07 Å². The van der Waals surface area contributed by atoms with Crippen LogP contribution in [0.2, 0.25) is 0 Å². The second-order valence-electron chi connectivity index (χ2n) is 4.60. The average molecular weight is 298 g/mol. The Morgan fingerprint density at radius 2 is 1.86 bits per heavy atom. The van der Waals surface area contributed by atoms with Crippen molar-refractivity contribution >= 4 is 28.6 Å². The summed E-state index contributed by atoms with van der Waals surface area (Å²) in [6, 6.07) is 5.69. The first-order valence-electron chi connectivity index (χ1n) is 6.16. The van der Waals surface area contributed by atoms with Gasteiger partial charge in [0.25, 0.3) is 11.8 Å². The predicted molar refractivity (Wildman–Crippen MR) is 78.3 cm³/mol. The van der Waals surface area contributed by atoms with Gasteiger partial charge in [0, 0.05) is 6.07 Å². The molecule has 8 heteroatoms. The Balaban J connectivity index is 2.55. The number of para-hydroxylation sites is 1. The smallest absolute Gasteiger partial charge is 0.253 e. The van der Waals surface area contributed by atoms with Crippen molar-refractivity contribution in [2.75, 3.05) is 5.73 Å². The van der Waals surface area contributed by atoms with Crippen LogP contribution in [0, 0.1) is 0 Å². The van der Waals surface area contributed by atoms with Crippen molar-refractivity contribution in [1.29, 1.82) is 0 Å². The maximum Gasteiger partial charge on any atom is 0.253 e. The van der Waals surface area contributed by atoms with Gasteiger partial charge in [-0.05, 0) is 12.1 Å². The molecule has 0 radical (unpaired) electrons. The summed E-state index contributed by atoms with van der Waals surface area (Å²) < 4.78 is 5.53. The van der Waals surface area contributed by atoms with Crippen LogP contribution in [0.15, 0.2) is 33.5 Å². The van der Waals surface area contributed by atoms with E-state index in [2.05, 4.69) is 4.98 Å². The molecule has 0 saturated heterocycles. The number of hydrogen-bond acceptors (Lipinski definition) is 6. The van der Waals surface area contributed by atoms with Crippen LogP contribution < -0.4 is 22.6 Å². The highest BCUT2D eigenvalue weighted by molar-refractivity contribution is 6.06. The Morgan fingerprint density at radius 1 is 1.14 bits per heavy atom. The number of nitrogens with two attached hydrogens (primary N) is 3. The third-order valence-electron chi connectivity index (χ3n) is 3.22. The molecule has 0 atom stereocenters. The number of hydrogen-bond donors (Lipinski definition) is 3. The topological polar surface area (TPSA) is 155 Å². The molecule has 0 spiro atoms. The van der Waals surface area contributed by atoms with Crippen molar-refractivity contribution in [3.63, 3.8) is 0 Å². The first-order chi connectivity index (χ1) is 10.4. The van der Waals surface area contributed by atoms with Crippen LogP contribution in [0.1, 0.15) is 20.7 Å². The Bertz CT molecular complexity index is 977. The van der Waals surface area contributed by atoms with Gasteiger partial charge >= 0.3 is 0 Å². The van der Waals surface area contributed by atoms with E-state index in [-0.39, 0.29) is 39.4 Å². The second-order valence-corrected chi connectivity index (χ2v) is 4.60. The first kappa shape index (κ1) is 13.6. The maximum atomic E-state index is 11.8. The van der Waals surface area contributed by atoms with E-state index in [1.54, 1.807) is 12.1 Å². The van der Waals surface area contributed by atoms with E-state index in [1.807, 2.05) is 0 Å². The molecule has 8 nitrogen and oxygen atoms in total. The number of carbonyl (C=O) groups excluding carboxylic acids is 2. The van der Waals surface area contributed by atoms with E-state index in [1.165, 1.54) is 6.07 Å². The molecule has 2 amide bonds. The summed E-state index contributed by atoms with van der Waals surface area (Å²) in [5.74, 6) is -1.58. The fourth-order valence-corrected chi connectivity index (χ4v) is 2.23. The van der Waals surface area contributed by atoms with Crippen molar-refractivity contribution in [3.8, 4) is 11.5 Å². The molecule has 3 rings (SSSR count). The van der Waals surface area contributed by atoms with Crippen LogP contribution in [-0.2, 0) is 0 Å². The summed E-state index contributed by atoms with van der Waals surface area (Å²) in [4.78, 5) is 39.0. The maximum absolute atomic E-state index is 11.8. The van der Waals surface area contributed by atoms with Crippen LogP contribution in [0.5, 0.6) is 0 Å². The van der Waals surface area contributed by atoms with Crippen LogP contribution in [-0.4, -0.2) is 16.8 Å². The quantitative estimate of drug-likeness (QED) is 0.449. The molecule has 1 aliphatic heterocycles. The lowest BCUT2D eigenvalue weighted by Gasteiger charge is -2.12. The molecular formula is C14H10N4O4. The molecule has 0 bridgehead atoms. The van der Waals surface area contributed by atoms with Crippen molar-refractivity contribution in [1.82, 2.24) is 4.98 Å². The molecule has 0 unspecified atom stereocenters. The highest BCUT2D eigenvalue weighted by Crippen LogP contribution is 2.30. The number of fused-ring (bicyclic) bond motifs is 2. The molecule has 0 fully saturated rings. The Kier molecular flexibility index (Phi) is 2.81. The van der Waals surface area contributed by atoms with E-state index in [0.717, 1.165) is 6.07 Å². The van der Waals surface area contributed by atoms with E-state index in [0.29, 0.717) is 0 Å².